The van der Waals surface area contributed by atoms with Crippen molar-refractivity contribution in [2.45, 2.75) is 18.7 Å². The van der Waals surface area contributed by atoms with Crippen LogP contribution in [0, 0.1) is 0 Å². The summed E-state index contributed by atoms with van der Waals surface area (Å²) in [4.78, 5) is 10.6. The van der Waals surface area contributed by atoms with E-state index in [0.29, 0.717) is 15.8 Å². The van der Waals surface area contributed by atoms with Crippen molar-refractivity contribution >= 4 is 21.8 Å². The molecule has 20 heavy (non-hydrogen) atoms. The molecule has 0 spiro atoms. The minimum absolute atomic E-state index is 0.0272. The van der Waals surface area contributed by atoms with E-state index in [-0.39, 0.29) is 13.0 Å². The number of aliphatic hydroxyl groups is 1. The van der Waals surface area contributed by atoms with Crippen LogP contribution in [-0.4, -0.2) is 30.8 Å². The highest BCUT2D eigenvalue weighted by atomic mass is 79.9. The highest BCUT2D eigenvalue weighted by Crippen LogP contribution is 2.28. The first kappa shape index (κ1) is 16.8. The van der Waals surface area contributed by atoms with Crippen LogP contribution in [0.1, 0.15) is 18.1 Å². The third-order valence-electron chi connectivity index (χ3n) is 2.52. The number of hydrogen-bond acceptors (Lipinski definition) is 3. The molecule has 0 bridgehead atoms. The van der Waals surface area contributed by atoms with Crippen molar-refractivity contribution in [3.05, 3.63) is 28.2 Å². The maximum atomic E-state index is 11.9. The van der Waals surface area contributed by atoms with Crippen molar-refractivity contribution in [3.63, 3.8) is 0 Å². The summed E-state index contributed by atoms with van der Waals surface area (Å²) < 4.78 is 41.5. The largest absolute Gasteiger partial charge is 0.496 e. The Morgan fingerprint density at radius 3 is 2.65 bits per heavy atom. The highest BCUT2D eigenvalue weighted by molar-refractivity contribution is 9.10. The third kappa shape index (κ3) is 4.68. The van der Waals surface area contributed by atoms with Crippen LogP contribution < -0.4 is 10.1 Å². The van der Waals surface area contributed by atoms with E-state index in [1.54, 1.807) is 23.5 Å². The number of alkyl halides is 3. The van der Waals surface area contributed by atoms with Gasteiger partial charge in [0, 0.05) is 6.54 Å². The molecule has 1 amide bonds. The quantitative estimate of drug-likeness (QED) is 0.853. The van der Waals surface area contributed by atoms with Gasteiger partial charge >= 0.3 is 12.1 Å². The van der Waals surface area contributed by atoms with E-state index in [9.17, 15) is 23.1 Å². The lowest BCUT2D eigenvalue weighted by Crippen LogP contribution is -2.37. The van der Waals surface area contributed by atoms with Crippen LogP contribution in [0.15, 0.2) is 22.7 Å². The second-order valence-electron chi connectivity index (χ2n) is 3.95. The number of aliphatic hydroxyl groups excluding tert-OH is 1. The zero-order valence-corrected chi connectivity index (χ0v) is 12.1. The molecule has 0 saturated heterocycles. The predicted octanol–water partition coefficient (Wildman–Crippen LogP) is 2.56. The average Bonchev–Trinajstić information content (AvgIpc) is 2.37. The molecular formula is C12H13BrF3NO3. The number of hydrogen-bond donors (Lipinski definition) is 2. The standard InChI is InChI=1S/C12H13BrF3NO3/c1-20-10-3-2-7(6-8(10)13)9(18)4-5-17-11(19)12(14,15)16/h2-3,6,9,18H,4-5H2,1H3,(H,17,19). The lowest BCUT2D eigenvalue weighted by atomic mass is 10.1. The van der Waals surface area contributed by atoms with Gasteiger partial charge in [0.05, 0.1) is 17.7 Å². The second-order valence-corrected chi connectivity index (χ2v) is 4.81. The molecule has 1 aromatic carbocycles. The number of halogens is 4. The van der Waals surface area contributed by atoms with Crippen molar-refractivity contribution in [3.8, 4) is 5.75 Å². The SMILES string of the molecule is COc1ccc(C(O)CCNC(=O)C(F)(F)F)cc1Br. The van der Waals surface area contributed by atoms with E-state index in [1.807, 2.05) is 0 Å². The summed E-state index contributed by atoms with van der Waals surface area (Å²) in [5.41, 5.74) is 0.513. The number of methoxy groups -OCH3 is 1. The summed E-state index contributed by atoms with van der Waals surface area (Å²) in [6.45, 7) is -0.275. The van der Waals surface area contributed by atoms with Crippen LogP contribution >= 0.6 is 15.9 Å². The van der Waals surface area contributed by atoms with Gasteiger partial charge in [-0.05, 0) is 40.0 Å². The Labute approximate surface area is 122 Å². The molecular weight excluding hydrogens is 343 g/mol. The lowest BCUT2D eigenvalue weighted by molar-refractivity contribution is -0.173. The van der Waals surface area contributed by atoms with Crippen molar-refractivity contribution in [1.29, 1.82) is 0 Å². The summed E-state index contributed by atoms with van der Waals surface area (Å²) in [5.74, 6) is -1.44. The average molecular weight is 356 g/mol. The minimum atomic E-state index is -4.91. The summed E-state index contributed by atoms with van der Waals surface area (Å²) >= 11 is 3.24. The zero-order chi connectivity index (χ0) is 15.3. The molecule has 0 radical (unpaired) electrons. The summed E-state index contributed by atoms with van der Waals surface area (Å²) in [7, 11) is 1.49. The molecule has 112 valence electrons. The molecule has 0 aliphatic carbocycles. The van der Waals surface area contributed by atoms with Gasteiger partial charge in [0.1, 0.15) is 5.75 Å². The molecule has 0 aromatic heterocycles. The van der Waals surface area contributed by atoms with Crippen LogP contribution in [0.3, 0.4) is 0 Å². The first-order valence-electron chi connectivity index (χ1n) is 5.62. The zero-order valence-electron chi connectivity index (χ0n) is 10.5. The molecule has 1 atom stereocenters. The first-order chi connectivity index (χ1) is 9.25. The fourth-order valence-corrected chi connectivity index (χ4v) is 2.04. The Kier molecular flexibility index (Phi) is 5.82. The van der Waals surface area contributed by atoms with Crippen LogP contribution in [0.25, 0.3) is 0 Å². The maximum Gasteiger partial charge on any atom is 0.471 e. The van der Waals surface area contributed by atoms with Gasteiger partial charge in [-0.25, -0.2) is 0 Å². The Hall–Kier alpha value is -1.28. The Bertz CT molecular complexity index is 480. The molecule has 4 nitrogen and oxygen atoms in total. The molecule has 0 heterocycles. The molecule has 1 unspecified atom stereocenters. The molecule has 1 aromatic rings. The topological polar surface area (TPSA) is 58.6 Å². The summed E-state index contributed by atoms with van der Waals surface area (Å²) in [6.07, 6.45) is -5.92. The van der Waals surface area contributed by atoms with E-state index in [1.165, 1.54) is 7.11 Å². The van der Waals surface area contributed by atoms with Crippen molar-refractivity contribution < 1.29 is 27.8 Å². The minimum Gasteiger partial charge on any atom is -0.496 e. The van der Waals surface area contributed by atoms with E-state index < -0.39 is 18.2 Å². The molecule has 0 saturated carbocycles. The predicted molar refractivity (Wildman–Crippen MR) is 69.3 cm³/mol. The smallest absolute Gasteiger partial charge is 0.471 e. The fraction of sp³-hybridized carbons (Fsp3) is 0.417. The Balaban J connectivity index is 2.53. The highest BCUT2D eigenvalue weighted by Gasteiger charge is 2.38. The van der Waals surface area contributed by atoms with Gasteiger partial charge in [-0.1, -0.05) is 6.07 Å². The van der Waals surface area contributed by atoms with Crippen molar-refractivity contribution in [2.24, 2.45) is 0 Å². The normalized spacial score (nSPS) is 12.9. The van der Waals surface area contributed by atoms with Gasteiger partial charge in [0.25, 0.3) is 0 Å². The van der Waals surface area contributed by atoms with Gasteiger partial charge in [-0.15, -0.1) is 0 Å². The number of nitrogens with one attached hydrogen (secondary N) is 1. The van der Waals surface area contributed by atoms with Gasteiger partial charge < -0.3 is 15.2 Å². The summed E-state index contributed by atoms with van der Waals surface area (Å²) in [5, 5.41) is 11.5. The van der Waals surface area contributed by atoms with E-state index in [4.69, 9.17) is 4.74 Å². The van der Waals surface area contributed by atoms with E-state index >= 15 is 0 Å². The molecule has 0 aliphatic heterocycles. The Morgan fingerprint density at radius 2 is 2.15 bits per heavy atom. The van der Waals surface area contributed by atoms with Crippen LogP contribution in [0.4, 0.5) is 13.2 Å². The lowest BCUT2D eigenvalue weighted by Gasteiger charge is -2.14. The number of rotatable bonds is 5. The number of carbonyl (C=O) groups is 1. The van der Waals surface area contributed by atoms with Gasteiger partial charge in [-0.2, -0.15) is 13.2 Å². The van der Waals surface area contributed by atoms with Crippen LogP contribution in [0.5, 0.6) is 5.75 Å². The second kappa shape index (κ2) is 6.94. The van der Waals surface area contributed by atoms with Crippen molar-refractivity contribution in [2.75, 3.05) is 13.7 Å². The third-order valence-corrected chi connectivity index (χ3v) is 3.14. The van der Waals surface area contributed by atoms with Gasteiger partial charge in [0.15, 0.2) is 0 Å². The van der Waals surface area contributed by atoms with Gasteiger partial charge in [-0.3, -0.25) is 4.79 Å². The fourth-order valence-electron chi connectivity index (χ4n) is 1.48. The Morgan fingerprint density at radius 1 is 1.50 bits per heavy atom. The number of amides is 1. The van der Waals surface area contributed by atoms with Crippen LogP contribution in [0.2, 0.25) is 0 Å². The molecule has 0 aliphatic rings. The van der Waals surface area contributed by atoms with E-state index in [2.05, 4.69) is 15.9 Å². The maximum absolute atomic E-state index is 11.9. The number of ether oxygens (including phenoxy) is 1. The number of benzene rings is 1. The molecule has 0 fully saturated rings. The van der Waals surface area contributed by atoms with Crippen LogP contribution in [-0.2, 0) is 4.79 Å². The molecule has 1 rings (SSSR count). The van der Waals surface area contributed by atoms with Crippen molar-refractivity contribution in [1.82, 2.24) is 5.32 Å². The molecule has 8 heteroatoms. The van der Waals surface area contributed by atoms with Gasteiger partial charge in [0.2, 0.25) is 0 Å². The molecule has 2 N–H and O–H groups in total. The first-order valence-corrected chi connectivity index (χ1v) is 6.41. The monoisotopic (exact) mass is 355 g/mol. The summed E-state index contributed by atoms with van der Waals surface area (Å²) in [6, 6.07) is 4.83. The van der Waals surface area contributed by atoms with E-state index in [0.717, 1.165) is 0 Å². The number of carbonyl (C=O) groups excluding carboxylic acids is 1.